The summed E-state index contributed by atoms with van der Waals surface area (Å²) in [6.07, 6.45) is 0. The van der Waals surface area contributed by atoms with Gasteiger partial charge in [-0.05, 0) is 97.6 Å². The van der Waals surface area contributed by atoms with Gasteiger partial charge in [-0.3, -0.25) is 9.69 Å². The van der Waals surface area contributed by atoms with Gasteiger partial charge in [-0.25, -0.2) is 0 Å². The molecule has 4 aromatic rings. The molecule has 0 saturated carbocycles. The Kier molecular flexibility index (Phi) is 7.35. The van der Waals surface area contributed by atoms with Crippen LogP contribution in [0.4, 0.5) is 5.69 Å². The maximum atomic E-state index is 12.8. The predicted molar refractivity (Wildman–Crippen MR) is 145 cm³/mol. The largest absolute Gasteiger partial charge is 0.322 e. The number of rotatable bonds is 7. The van der Waals surface area contributed by atoms with E-state index in [0.29, 0.717) is 22.7 Å². The highest BCUT2D eigenvalue weighted by atomic mass is 35.5. The number of hydrogen-bond acceptors (Lipinski definition) is 2. The molecule has 1 N–H and O–H groups in total. The lowest BCUT2D eigenvalue weighted by Crippen LogP contribution is -2.36. The van der Waals surface area contributed by atoms with Gasteiger partial charge in [0.2, 0.25) is 0 Å². The number of nitrogens with zero attached hydrogens (tertiary/aromatic N) is 1. The highest BCUT2D eigenvalue weighted by Crippen LogP contribution is 2.24. The SMILES string of the molecule is CC(C)N(Cc1ccc2cc(NC(=O)c3ccc(-c4ccc(Cl)cc4)cc3)ccc2c1)C(C)C. The van der Waals surface area contributed by atoms with Crippen LogP contribution in [0.1, 0.15) is 43.6 Å². The second-order valence-corrected chi connectivity index (χ2v) is 9.73. The Labute approximate surface area is 207 Å². The van der Waals surface area contributed by atoms with Gasteiger partial charge in [-0.15, -0.1) is 0 Å². The number of benzene rings is 4. The summed E-state index contributed by atoms with van der Waals surface area (Å²) in [5.41, 5.74) is 4.82. The van der Waals surface area contributed by atoms with Gasteiger partial charge in [0, 0.05) is 34.9 Å². The number of anilines is 1. The molecule has 0 radical (unpaired) electrons. The molecule has 0 saturated heterocycles. The van der Waals surface area contributed by atoms with Crippen LogP contribution in [-0.4, -0.2) is 22.9 Å². The minimum atomic E-state index is -0.122. The smallest absolute Gasteiger partial charge is 0.255 e. The van der Waals surface area contributed by atoms with Crippen molar-refractivity contribution in [1.82, 2.24) is 4.90 Å². The Morgan fingerprint density at radius 1 is 0.765 bits per heavy atom. The monoisotopic (exact) mass is 470 g/mol. The number of nitrogens with one attached hydrogen (secondary N) is 1. The van der Waals surface area contributed by atoms with E-state index >= 15 is 0 Å². The van der Waals surface area contributed by atoms with Gasteiger partial charge in [0.1, 0.15) is 0 Å². The summed E-state index contributed by atoms with van der Waals surface area (Å²) in [5.74, 6) is -0.122. The van der Waals surface area contributed by atoms with Crippen LogP contribution in [0.3, 0.4) is 0 Å². The van der Waals surface area contributed by atoms with E-state index in [-0.39, 0.29) is 5.91 Å². The zero-order chi connectivity index (χ0) is 24.2. The predicted octanol–water partition coefficient (Wildman–Crippen LogP) is 8.03. The summed E-state index contributed by atoms with van der Waals surface area (Å²) in [6, 6.07) is 28.9. The maximum absolute atomic E-state index is 12.8. The third kappa shape index (κ3) is 5.67. The standard InChI is InChI=1S/C30H31ClN2O/c1-20(2)33(21(3)4)19-22-5-6-27-18-29(16-13-26(27)17-22)32-30(34)25-9-7-23(8-10-25)24-11-14-28(31)15-12-24/h5-18,20-21H,19H2,1-4H3,(H,32,34). The fraction of sp³-hybridized carbons (Fsp3) is 0.233. The van der Waals surface area contributed by atoms with E-state index in [2.05, 4.69) is 62.2 Å². The molecule has 174 valence electrons. The molecule has 0 atom stereocenters. The lowest BCUT2D eigenvalue weighted by molar-refractivity contribution is 0.102. The minimum absolute atomic E-state index is 0.122. The van der Waals surface area contributed by atoms with Crippen LogP contribution < -0.4 is 5.32 Å². The van der Waals surface area contributed by atoms with Crippen molar-refractivity contribution >= 4 is 34.0 Å². The maximum Gasteiger partial charge on any atom is 0.255 e. The number of amides is 1. The Morgan fingerprint density at radius 2 is 1.32 bits per heavy atom. The molecule has 0 heterocycles. The van der Waals surface area contributed by atoms with Crippen LogP contribution in [0.5, 0.6) is 0 Å². The van der Waals surface area contributed by atoms with Gasteiger partial charge in [0.05, 0.1) is 0 Å². The van der Waals surface area contributed by atoms with E-state index in [1.54, 1.807) is 0 Å². The van der Waals surface area contributed by atoms with Crippen LogP contribution in [0, 0.1) is 0 Å². The zero-order valence-corrected chi connectivity index (χ0v) is 20.9. The molecule has 4 aromatic carbocycles. The van der Waals surface area contributed by atoms with E-state index < -0.39 is 0 Å². The lowest BCUT2D eigenvalue weighted by atomic mass is 10.0. The fourth-order valence-corrected chi connectivity index (χ4v) is 4.43. The Bertz CT molecular complexity index is 1270. The summed E-state index contributed by atoms with van der Waals surface area (Å²) in [5, 5.41) is 6.02. The second kappa shape index (κ2) is 10.4. The summed E-state index contributed by atoms with van der Waals surface area (Å²) < 4.78 is 0. The van der Waals surface area contributed by atoms with Crippen LogP contribution in [0.15, 0.2) is 84.9 Å². The number of hydrogen-bond donors (Lipinski definition) is 1. The van der Waals surface area contributed by atoms with Crippen molar-refractivity contribution < 1.29 is 4.79 Å². The average Bonchev–Trinajstić information content (AvgIpc) is 2.82. The quantitative estimate of drug-likeness (QED) is 0.296. The van der Waals surface area contributed by atoms with Gasteiger partial charge in [-0.2, -0.15) is 0 Å². The molecule has 4 rings (SSSR count). The van der Waals surface area contributed by atoms with E-state index in [9.17, 15) is 4.79 Å². The fourth-order valence-electron chi connectivity index (χ4n) is 4.30. The first kappa shape index (κ1) is 24.0. The Hall–Kier alpha value is -3.14. The van der Waals surface area contributed by atoms with Crippen molar-refractivity contribution in [2.75, 3.05) is 5.32 Å². The molecule has 0 aromatic heterocycles. The highest BCUT2D eigenvalue weighted by Gasteiger charge is 2.14. The van der Waals surface area contributed by atoms with Crippen molar-refractivity contribution in [3.63, 3.8) is 0 Å². The lowest BCUT2D eigenvalue weighted by Gasteiger charge is -2.30. The second-order valence-electron chi connectivity index (χ2n) is 9.29. The van der Waals surface area contributed by atoms with Gasteiger partial charge in [-0.1, -0.05) is 54.1 Å². The minimum Gasteiger partial charge on any atom is -0.322 e. The molecule has 1 amide bonds. The van der Waals surface area contributed by atoms with E-state index in [1.165, 1.54) is 10.9 Å². The summed E-state index contributed by atoms with van der Waals surface area (Å²) >= 11 is 5.97. The molecule has 0 unspecified atom stereocenters. The van der Waals surface area contributed by atoms with Crippen molar-refractivity contribution in [3.05, 3.63) is 101 Å². The van der Waals surface area contributed by atoms with Crippen LogP contribution in [-0.2, 0) is 6.54 Å². The van der Waals surface area contributed by atoms with Crippen molar-refractivity contribution in [3.8, 4) is 11.1 Å². The first-order valence-electron chi connectivity index (χ1n) is 11.8. The van der Waals surface area contributed by atoms with Crippen molar-refractivity contribution in [1.29, 1.82) is 0 Å². The number of carbonyl (C=O) groups is 1. The highest BCUT2D eigenvalue weighted by molar-refractivity contribution is 6.30. The van der Waals surface area contributed by atoms with Crippen molar-refractivity contribution in [2.45, 2.75) is 46.3 Å². The van der Waals surface area contributed by atoms with Gasteiger partial charge < -0.3 is 5.32 Å². The van der Waals surface area contributed by atoms with Crippen LogP contribution in [0.2, 0.25) is 5.02 Å². The molecule has 34 heavy (non-hydrogen) atoms. The molecule has 0 aliphatic rings. The first-order chi connectivity index (χ1) is 16.3. The Morgan fingerprint density at radius 3 is 1.94 bits per heavy atom. The van der Waals surface area contributed by atoms with Gasteiger partial charge >= 0.3 is 0 Å². The van der Waals surface area contributed by atoms with Gasteiger partial charge in [0.25, 0.3) is 5.91 Å². The Balaban J connectivity index is 1.46. The first-order valence-corrected chi connectivity index (χ1v) is 12.1. The number of fused-ring (bicyclic) bond motifs is 1. The molecular formula is C30H31ClN2O. The third-order valence-electron chi connectivity index (χ3n) is 6.18. The molecule has 4 heteroatoms. The molecule has 0 bridgehead atoms. The van der Waals surface area contributed by atoms with E-state index in [4.69, 9.17) is 11.6 Å². The van der Waals surface area contributed by atoms with Crippen molar-refractivity contribution in [2.24, 2.45) is 0 Å². The molecule has 0 fully saturated rings. The van der Waals surface area contributed by atoms with Crippen LogP contribution >= 0.6 is 11.6 Å². The average molecular weight is 471 g/mol. The van der Waals surface area contributed by atoms with E-state index in [1.807, 2.05) is 60.7 Å². The molecular weight excluding hydrogens is 440 g/mol. The summed E-state index contributed by atoms with van der Waals surface area (Å²) in [7, 11) is 0. The normalized spacial score (nSPS) is 11.5. The topological polar surface area (TPSA) is 32.3 Å². The zero-order valence-electron chi connectivity index (χ0n) is 20.2. The number of carbonyl (C=O) groups excluding carboxylic acids is 1. The van der Waals surface area contributed by atoms with E-state index in [0.717, 1.165) is 28.7 Å². The molecule has 0 aliphatic carbocycles. The summed E-state index contributed by atoms with van der Waals surface area (Å²) in [4.78, 5) is 15.3. The molecule has 0 spiro atoms. The summed E-state index contributed by atoms with van der Waals surface area (Å²) in [6.45, 7) is 9.88. The molecule has 3 nitrogen and oxygen atoms in total. The van der Waals surface area contributed by atoms with Crippen LogP contribution in [0.25, 0.3) is 21.9 Å². The molecule has 0 aliphatic heterocycles. The van der Waals surface area contributed by atoms with Gasteiger partial charge in [0.15, 0.2) is 0 Å². The third-order valence-corrected chi connectivity index (χ3v) is 6.43. The number of halogens is 1.